The molecule has 1 aromatic carbocycles. The van der Waals surface area contributed by atoms with E-state index in [4.69, 9.17) is 14.2 Å². The van der Waals surface area contributed by atoms with Crippen molar-refractivity contribution in [1.82, 2.24) is 4.90 Å². The van der Waals surface area contributed by atoms with Gasteiger partial charge in [-0.2, -0.15) is 0 Å². The number of hydrogen-bond donors (Lipinski definition) is 0. The molecule has 0 unspecified atom stereocenters. The van der Waals surface area contributed by atoms with Crippen LogP contribution in [0.25, 0.3) is 0 Å². The standard InChI is InChI=1S/C21H24N2O5S/c1-6-10-28-20(25)17-12(3)22-21-23(19(24)16(7-2)29-21)18(17)13-8-9-14(26-4)15(11-13)27-5/h6,8-9,11,16,18H,1,7,10H2,2-5H3/t16-,18-/m1/s1. The normalized spacial score (nSPS) is 20.9. The van der Waals surface area contributed by atoms with Gasteiger partial charge in [0.05, 0.1) is 36.8 Å². The Morgan fingerprint density at radius 3 is 2.66 bits per heavy atom. The summed E-state index contributed by atoms with van der Waals surface area (Å²) >= 11 is 1.42. The third-order valence-corrected chi connectivity index (χ3v) is 6.12. The first-order valence-electron chi connectivity index (χ1n) is 9.25. The van der Waals surface area contributed by atoms with Gasteiger partial charge in [0.1, 0.15) is 6.61 Å². The number of benzene rings is 1. The lowest BCUT2D eigenvalue weighted by molar-refractivity contribution is -0.139. The monoisotopic (exact) mass is 416 g/mol. The Bertz CT molecular complexity index is 908. The van der Waals surface area contributed by atoms with Gasteiger partial charge in [0.15, 0.2) is 16.7 Å². The quantitative estimate of drug-likeness (QED) is 0.500. The molecule has 2 aliphatic heterocycles. The molecule has 0 saturated carbocycles. The van der Waals surface area contributed by atoms with E-state index >= 15 is 0 Å². The van der Waals surface area contributed by atoms with E-state index in [1.807, 2.05) is 13.0 Å². The highest BCUT2D eigenvalue weighted by atomic mass is 32.2. The van der Waals surface area contributed by atoms with Crippen LogP contribution in [0.1, 0.15) is 31.9 Å². The van der Waals surface area contributed by atoms with Crippen LogP contribution in [0.3, 0.4) is 0 Å². The number of aliphatic imine (C=N–C) groups is 1. The highest BCUT2D eigenvalue weighted by Crippen LogP contribution is 2.45. The van der Waals surface area contributed by atoms with Crippen LogP contribution in [0, 0.1) is 0 Å². The summed E-state index contributed by atoms with van der Waals surface area (Å²) < 4.78 is 16.1. The molecule has 154 valence electrons. The second kappa shape index (κ2) is 8.73. The first-order valence-corrected chi connectivity index (χ1v) is 10.1. The van der Waals surface area contributed by atoms with Crippen molar-refractivity contribution >= 4 is 28.8 Å². The molecule has 2 heterocycles. The van der Waals surface area contributed by atoms with E-state index in [2.05, 4.69) is 11.6 Å². The van der Waals surface area contributed by atoms with Gasteiger partial charge in [0, 0.05) is 0 Å². The molecule has 0 bridgehead atoms. The third kappa shape index (κ3) is 3.76. The smallest absolute Gasteiger partial charge is 0.338 e. The number of fused-ring (bicyclic) bond motifs is 1. The molecule has 2 atom stereocenters. The average Bonchev–Trinajstić information content (AvgIpc) is 3.05. The Morgan fingerprint density at radius 1 is 1.31 bits per heavy atom. The van der Waals surface area contributed by atoms with Crippen molar-refractivity contribution in [3.05, 3.63) is 47.7 Å². The number of hydrogen-bond acceptors (Lipinski definition) is 7. The molecule has 1 saturated heterocycles. The Hall–Kier alpha value is -2.74. The van der Waals surface area contributed by atoms with Crippen molar-refractivity contribution in [2.24, 2.45) is 4.99 Å². The molecule has 1 fully saturated rings. The summed E-state index contributed by atoms with van der Waals surface area (Å²) in [7, 11) is 3.09. The highest BCUT2D eigenvalue weighted by molar-refractivity contribution is 8.15. The molecule has 3 rings (SSSR count). The van der Waals surface area contributed by atoms with E-state index in [0.29, 0.717) is 39.9 Å². The second-order valence-electron chi connectivity index (χ2n) is 6.52. The fourth-order valence-corrected chi connectivity index (χ4v) is 4.53. The number of nitrogens with zero attached hydrogens (tertiary/aromatic N) is 2. The minimum atomic E-state index is -0.656. The lowest BCUT2D eigenvalue weighted by Crippen LogP contribution is -2.40. The summed E-state index contributed by atoms with van der Waals surface area (Å²) in [6.45, 7) is 7.37. The van der Waals surface area contributed by atoms with Crippen molar-refractivity contribution in [2.45, 2.75) is 31.6 Å². The number of allylic oxidation sites excluding steroid dienone is 1. The minimum absolute atomic E-state index is 0.0717. The fraction of sp³-hybridized carbons (Fsp3) is 0.381. The lowest BCUT2D eigenvalue weighted by atomic mass is 9.94. The zero-order chi connectivity index (χ0) is 21.1. The maximum atomic E-state index is 13.1. The van der Waals surface area contributed by atoms with Gasteiger partial charge in [-0.1, -0.05) is 37.4 Å². The molecule has 0 radical (unpaired) electrons. The van der Waals surface area contributed by atoms with Crippen molar-refractivity contribution in [1.29, 1.82) is 0 Å². The predicted octanol–water partition coefficient (Wildman–Crippen LogP) is 3.47. The van der Waals surface area contributed by atoms with Crippen LogP contribution >= 0.6 is 11.8 Å². The van der Waals surface area contributed by atoms with Crippen molar-refractivity contribution < 1.29 is 23.8 Å². The van der Waals surface area contributed by atoms with Crippen LogP contribution in [0.2, 0.25) is 0 Å². The summed E-state index contributed by atoms with van der Waals surface area (Å²) in [6.07, 6.45) is 2.17. The van der Waals surface area contributed by atoms with Gasteiger partial charge < -0.3 is 14.2 Å². The average molecular weight is 416 g/mol. The van der Waals surface area contributed by atoms with Crippen LogP contribution in [0.5, 0.6) is 11.5 Å². The SMILES string of the molecule is C=CCOC(=O)C1=C(C)N=C2S[C@H](CC)C(=O)N2[C@@H]1c1ccc(OC)c(OC)c1. The van der Waals surface area contributed by atoms with Gasteiger partial charge in [0.2, 0.25) is 5.91 Å². The largest absolute Gasteiger partial charge is 0.493 e. The fourth-order valence-electron chi connectivity index (χ4n) is 3.40. The molecule has 1 aromatic rings. The predicted molar refractivity (Wildman–Crippen MR) is 112 cm³/mol. The zero-order valence-corrected chi connectivity index (χ0v) is 17.7. The van der Waals surface area contributed by atoms with Crippen molar-refractivity contribution in [3.63, 3.8) is 0 Å². The molecule has 8 heteroatoms. The maximum absolute atomic E-state index is 13.1. The number of methoxy groups -OCH3 is 2. The molecule has 0 N–H and O–H groups in total. The second-order valence-corrected chi connectivity index (χ2v) is 7.69. The molecule has 0 aliphatic carbocycles. The Labute approximate surface area is 174 Å². The van der Waals surface area contributed by atoms with Crippen molar-refractivity contribution in [3.8, 4) is 11.5 Å². The number of amides is 1. The van der Waals surface area contributed by atoms with Crippen LogP contribution < -0.4 is 9.47 Å². The van der Waals surface area contributed by atoms with Crippen LogP contribution in [0.4, 0.5) is 0 Å². The molecule has 1 amide bonds. The first kappa shape index (κ1) is 21.0. The van der Waals surface area contributed by atoms with Crippen molar-refractivity contribution in [2.75, 3.05) is 20.8 Å². The summed E-state index contributed by atoms with van der Waals surface area (Å²) in [5, 5.41) is 0.368. The molecule has 2 aliphatic rings. The zero-order valence-electron chi connectivity index (χ0n) is 16.9. The number of esters is 1. The minimum Gasteiger partial charge on any atom is -0.493 e. The summed E-state index contributed by atoms with van der Waals surface area (Å²) in [4.78, 5) is 32.1. The number of carbonyl (C=O) groups excluding carboxylic acids is 2. The van der Waals surface area contributed by atoms with E-state index in [9.17, 15) is 9.59 Å². The summed E-state index contributed by atoms with van der Waals surface area (Å²) in [5.41, 5.74) is 1.57. The van der Waals surface area contributed by atoms with Gasteiger partial charge in [-0.15, -0.1) is 0 Å². The van der Waals surface area contributed by atoms with Crippen LogP contribution in [-0.2, 0) is 14.3 Å². The Balaban J connectivity index is 2.14. The van der Waals surface area contributed by atoms with Gasteiger partial charge in [-0.3, -0.25) is 9.69 Å². The van der Waals surface area contributed by atoms with Gasteiger partial charge >= 0.3 is 5.97 Å². The first-order chi connectivity index (χ1) is 14.0. The van der Waals surface area contributed by atoms with E-state index in [-0.39, 0.29) is 17.8 Å². The summed E-state index contributed by atoms with van der Waals surface area (Å²) in [5.74, 6) is 0.475. The number of rotatable bonds is 7. The Kier molecular flexibility index (Phi) is 6.32. The van der Waals surface area contributed by atoms with Crippen LogP contribution in [-0.4, -0.2) is 48.0 Å². The van der Waals surface area contributed by atoms with Crippen LogP contribution in [0.15, 0.2) is 47.1 Å². The highest BCUT2D eigenvalue weighted by Gasteiger charge is 2.47. The van der Waals surface area contributed by atoms with E-state index in [1.165, 1.54) is 17.8 Å². The summed E-state index contributed by atoms with van der Waals surface area (Å²) in [6, 6.07) is 4.70. The number of amidine groups is 1. The molecular formula is C21H24N2O5S. The van der Waals surface area contributed by atoms with Gasteiger partial charge in [-0.25, -0.2) is 9.79 Å². The molecule has 0 spiro atoms. The number of carbonyl (C=O) groups is 2. The van der Waals surface area contributed by atoms with E-state index in [1.54, 1.807) is 38.2 Å². The van der Waals surface area contributed by atoms with E-state index < -0.39 is 12.0 Å². The third-order valence-electron chi connectivity index (χ3n) is 4.80. The Morgan fingerprint density at radius 2 is 2.03 bits per heavy atom. The molecule has 7 nitrogen and oxygen atoms in total. The van der Waals surface area contributed by atoms with E-state index in [0.717, 1.165) is 0 Å². The molecule has 0 aromatic heterocycles. The number of thioether (sulfide) groups is 1. The molecular weight excluding hydrogens is 392 g/mol. The maximum Gasteiger partial charge on any atom is 0.338 e. The number of ether oxygens (including phenoxy) is 3. The topological polar surface area (TPSA) is 77.4 Å². The van der Waals surface area contributed by atoms with Gasteiger partial charge in [0.25, 0.3) is 0 Å². The van der Waals surface area contributed by atoms with Gasteiger partial charge in [-0.05, 0) is 31.0 Å². The molecule has 29 heavy (non-hydrogen) atoms. The lowest BCUT2D eigenvalue weighted by Gasteiger charge is -2.33.